The molecule has 2 unspecified atom stereocenters. The highest BCUT2D eigenvalue weighted by molar-refractivity contribution is 5.30. The third-order valence-corrected chi connectivity index (χ3v) is 4.75. The summed E-state index contributed by atoms with van der Waals surface area (Å²) in [5.74, 6) is 1.84. The molecule has 2 atom stereocenters. The fourth-order valence-corrected chi connectivity index (χ4v) is 3.56. The fraction of sp³-hybridized carbons (Fsp3) is 0.444. The molecule has 5 heteroatoms. The molecule has 2 aliphatic rings. The van der Waals surface area contributed by atoms with Crippen molar-refractivity contribution in [1.82, 2.24) is 14.9 Å². The smallest absolute Gasteiger partial charge is 0.225 e. The Bertz CT molecular complexity index is 621. The summed E-state index contributed by atoms with van der Waals surface area (Å²) in [6, 6.07) is 12.6. The molecular formula is C18H22N4O. The normalized spacial score (nSPS) is 25.0. The number of benzene rings is 1. The van der Waals surface area contributed by atoms with Crippen LogP contribution < -0.4 is 9.64 Å². The van der Waals surface area contributed by atoms with Crippen LogP contribution in [0.3, 0.4) is 0 Å². The second-order valence-electron chi connectivity index (χ2n) is 6.27. The van der Waals surface area contributed by atoms with Gasteiger partial charge in [-0.05, 0) is 31.0 Å². The first-order valence-corrected chi connectivity index (χ1v) is 8.36. The molecule has 2 aromatic rings. The minimum absolute atomic E-state index is 0.299. The van der Waals surface area contributed by atoms with Crippen molar-refractivity contribution in [1.29, 1.82) is 0 Å². The Morgan fingerprint density at radius 1 is 0.913 bits per heavy atom. The van der Waals surface area contributed by atoms with Crippen LogP contribution in [0.15, 0.2) is 48.8 Å². The van der Waals surface area contributed by atoms with Crippen molar-refractivity contribution in [2.75, 3.05) is 31.1 Å². The molecular weight excluding hydrogens is 288 g/mol. The van der Waals surface area contributed by atoms with Gasteiger partial charge in [0.05, 0.1) is 0 Å². The standard InChI is InChI=1S/C18H22N4O/c1-2-5-16(6-3-1)23-17-8-7-15-13-22(12-11-21(15)14-17)18-19-9-4-10-20-18/h1-6,9-10,15,17H,7-8,11-14H2. The van der Waals surface area contributed by atoms with Crippen LogP contribution in [0, 0.1) is 0 Å². The predicted octanol–water partition coefficient (Wildman–Crippen LogP) is 2.21. The Labute approximate surface area is 136 Å². The van der Waals surface area contributed by atoms with Crippen LogP contribution in [0.25, 0.3) is 0 Å². The zero-order chi connectivity index (χ0) is 15.5. The molecule has 5 nitrogen and oxygen atoms in total. The molecule has 0 N–H and O–H groups in total. The molecule has 0 amide bonds. The first kappa shape index (κ1) is 14.5. The highest BCUT2D eigenvalue weighted by atomic mass is 16.5. The molecule has 0 bridgehead atoms. The lowest BCUT2D eigenvalue weighted by Gasteiger charge is -2.46. The number of nitrogens with zero attached hydrogens (tertiary/aromatic N) is 4. The summed E-state index contributed by atoms with van der Waals surface area (Å²) in [5.41, 5.74) is 0. The number of piperidine rings is 1. The van der Waals surface area contributed by atoms with Crippen molar-refractivity contribution >= 4 is 5.95 Å². The second kappa shape index (κ2) is 6.54. The van der Waals surface area contributed by atoms with Crippen LogP contribution in [0.1, 0.15) is 12.8 Å². The SMILES string of the molecule is c1ccc(OC2CCC3CN(c4ncccn4)CCN3C2)cc1. The van der Waals surface area contributed by atoms with Gasteiger partial charge in [-0.2, -0.15) is 0 Å². The topological polar surface area (TPSA) is 41.5 Å². The van der Waals surface area contributed by atoms with Gasteiger partial charge in [-0.3, -0.25) is 4.90 Å². The van der Waals surface area contributed by atoms with Gasteiger partial charge in [0, 0.05) is 44.6 Å². The molecule has 1 aromatic heterocycles. The van der Waals surface area contributed by atoms with E-state index in [0.29, 0.717) is 12.1 Å². The van der Waals surface area contributed by atoms with E-state index in [4.69, 9.17) is 4.74 Å². The van der Waals surface area contributed by atoms with E-state index in [0.717, 1.165) is 44.3 Å². The Hall–Kier alpha value is -2.14. The number of fused-ring (bicyclic) bond motifs is 1. The van der Waals surface area contributed by atoms with Gasteiger partial charge in [0.2, 0.25) is 5.95 Å². The van der Waals surface area contributed by atoms with Crippen LogP contribution in [0.4, 0.5) is 5.95 Å². The molecule has 1 aromatic carbocycles. The van der Waals surface area contributed by atoms with E-state index >= 15 is 0 Å². The van der Waals surface area contributed by atoms with Crippen molar-refractivity contribution in [3.05, 3.63) is 48.8 Å². The van der Waals surface area contributed by atoms with Gasteiger partial charge in [-0.1, -0.05) is 18.2 Å². The van der Waals surface area contributed by atoms with Crippen molar-refractivity contribution in [3.8, 4) is 5.75 Å². The van der Waals surface area contributed by atoms with Crippen molar-refractivity contribution in [2.24, 2.45) is 0 Å². The fourth-order valence-electron chi connectivity index (χ4n) is 3.56. The van der Waals surface area contributed by atoms with E-state index in [9.17, 15) is 0 Å². The monoisotopic (exact) mass is 310 g/mol. The molecule has 2 aliphatic heterocycles. The lowest BCUT2D eigenvalue weighted by Crippen LogP contribution is -2.58. The van der Waals surface area contributed by atoms with Gasteiger partial charge in [0.25, 0.3) is 0 Å². The van der Waals surface area contributed by atoms with E-state index in [-0.39, 0.29) is 0 Å². The molecule has 0 spiro atoms. The molecule has 0 radical (unpaired) electrons. The summed E-state index contributed by atoms with van der Waals surface area (Å²) in [6.07, 6.45) is 6.21. The number of ether oxygens (including phenoxy) is 1. The number of para-hydroxylation sites is 1. The van der Waals surface area contributed by atoms with Gasteiger partial charge in [-0.15, -0.1) is 0 Å². The predicted molar refractivity (Wildman–Crippen MR) is 89.7 cm³/mol. The third kappa shape index (κ3) is 3.29. The van der Waals surface area contributed by atoms with Crippen molar-refractivity contribution in [2.45, 2.75) is 25.0 Å². The van der Waals surface area contributed by atoms with E-state index in [1.165, 1.54) is 6.42 Å². The second-order valence-corrected chi connectivity index (χ2v) is 6.27. The number of anilines is 1. The Balaban J connectivity index is 1.36. The Morgan fingerprint density at radius 3 is 2.57 bits per heavy atom. The summed E-state index contributed by atoms with van der Waals surface area (Å²) < 4.78 is 6.14. The van der Waals surface area contributed by atoms with Gasteiger partial charge in [0.15, 0.2) is 0 Å². The largest absolute Gasteiger partial charge is 0.489 e. The summed E-state index contributed by atoms with van der Waals surface area (Å²) in [4.78, 5) is 13.6. The third-order valence-electron chi connectivity index (χ3n) is 4.75. The minimum atomic E-state index is 0.299. The summed E-state index contributed by atoms with van der Waals surface area (Å²) in [7, 11) is 0. The lowest BCUT2D eigenvalue weighted by atomic mass is 9.97. The van der Waals surface area contributed by atoms with Crippen LogP contribution >= 0.6 is 0 Å². The number of piperazine rings is 1. The highest BCUT2D eigenvalue weighted by Crippen LogP contribution is 2.25. The molecule has 0 aliphatic carbocycles. The Kier molecular flexibility index (Phi) is 4.11. The van der Waals surface area contributed by atoms with Crippen LogP contribution in [-0.4, -0.2) is 53.2 Å². The maximum atomic E-state index is 6.14. The van der Waals surface area contributed by atoms with Gasteiger partial charge >= 0.3 is 0 Å². The van der Waals surface area contributed by atoms with Gasteiger partial charge in [-0.25, -0.2) is 9.97 Å². The first-order valence-electron chi connectivity index (χ1n) is 8.36. The van der Waals surface area contributed by atoms with Crippen LogP contribution in [0.5, 0.6) is 5.75 Å². The lowest BCUT2D eigenvalue weighted by molar-refractivity contribution is 0.0430. The molecule has 2 fully saturated rings. The summed E-state index contributed by atoms with van der Waals surface area (Å²) >= 11 is 0. The maximum Gasteiger partial charge on any atom is 0.225 e. The van der Waals surface area contributed by atoms with E-state index in [2.05, 4.69) is 19.8 Å². The number of rotatable bonds is 3. The number of hydrogen-bond donors (Lipinski definition) is 0. The molecule has 2 saturated heterocycles. The van der Waals surface area contributed by atoms with E-state index < -0.39 is 0 Å². The quantitative estimate of drug-likeness (QED) is 0.869. The van der Waals surface area contributed by atoms with Gasteiger partial charge < -0.3 is 9.64 Å². The summed E-state index contributed by atoms with van der Waals surface area (Å²) in [6.45, 7) is 4.07. The number of hydrogen-bond acceptors (Lipinski definition) is 5. The zero-order valence-electron chi connectivity index (χ0n) is 13.2. The van der Waals surface area contributed by atoms with E-state index in [1.54, 1.807) is 0 Å². The van der Waals surface area contributed by atoms with Crippen molar-refractivity contribution in [3.63, 3.8) is 0 Å². The molecule has 23 heavy (non-hydrogen) atoms. The number of aromatic nitrogens is 2. The maximum absolute atomic E-state index is 6.14. The first-order chi connectivity index (χ1) is 11.4. The minimum Gasteiger partial charge on any atom is -0.489 e. The average Bonchev–Trinajstić information content (AvgIpc) is 2.63. The van der Waals surface area contributed by atoms with E-state index in [1.807, 2.05) is 48.8 Å². The van der Waals surface area contributed by atoms with Crippen LogP contribution in [-0.2, 0) is 0 Å². The molecule has 4 rings (SSSR count). The molecule has 0 saturated carbocycles. The van der Waals surface area contributed by atoms with Crippen molar-refractivity contribution < 1.29 is 4.74 Å². The molecule has 120 valence electrons. The zero-order valence-corrected chi connectivity index (χ0v) is 13.2. The summed E-state index contributed by atoms with van der Waals surface area (Å²) in [5, 5.41) is 0. The Morgan fingerprint density at radius 2 is 1.74 bits per heavy atom. The highest BCUT2D eigenvalue weighted by Gasteiger charge is 2.34. The van der Waals surface area contributed by atoms with Crippen LogP contribution in [0.2, 0.25) is 0 Å². The van der Waals surface area contributed by atoms with Gasteiger partial charge in [0.1, 0.15) is 11.9 Å². The molecule has 3 heterocycles. The average molecular weight is 310 g/mol.